The van der Waals surface area contributed by atoms with Gasteiger partial charge in [0.15, 0.2) is 0 Å². The SMILES string of the molecule is C/C(=C\c1cccc(N(C)C2CCOCC2)c1)[C@H]1OC(=O)C[C@H](O)CC[C@H](C)[C@@H](OC(=O)N2CCN(C)CC2)/C=C\[C@@H]1C. The van der Waals surface area contributed by atoms with Gasteiger partial charge in [0.1, 0.15) is 12.2 Å². The predicted octanol–water partition coefficient (Wildman–Crippen LogP) is 4.74. The monoisotopic (exact) mass is 597 g/mol. The van der Waals surface area contributed by atoms with Gasteiger partial charge in [0.05, 0.1) is 12.5 Å². The molecule has 3 aliphatic heterocycles. The number of hydrogen-bond donors (Lipinski definition) is 1. The molecule has 0 spiro atoms. The minimum absolute atomic E-state index is 0.0180. The molecule has 0 radical (unpaired) electrons. The van der Waals surface area contributed by atoms with Crippen molar-refractivity contribution in [2.75, 3.05) is 58.4 Å². The number of anilines is 1. The number of aliphatic hydroxyl groups is 1. The number of rotatable bonds is 5. The van der Waals surface area contributed by atoms with E-state index in [0.717, 1.165) is 56.0 Å². The lowest BCUT2D eigenvalue weighted by Crippen LogP contribution is -2.48. The third-order valence-electron chi connectivity index (χ3n) is 9.12. The number of nitrogens with zero attached hydrogens (tertiary/aromatic N) is 3. The molecule has 2 saturated heterocycles. The van der Waals surface area contributed by atoms with E-state index in [1.54, 1.807) is 4.90 Å². The summed E-state index contributed by atoms with van der Waals surface area (Å²) in [5.74, 6) is -0.609. The van der Waals surface area contributed by atoms with Gasteiger partial charge in [-0.2, -0.15) is 0 Å². The molecule has 9 heteroatoms. The summed E-state index contributed by atoms with van der Waals surface area (Å²) in [7, 11) is 4.18. The third-order valence-corrected chi connectivity index (χ3v) is 9.12. The molecular weight excluding hydrogens is 546 g/mol. The van der Waals surface area contributed by atoms with Crippen LogP contribution in [-0.4, -0.2) is 105 Å². The van der Waals surface area contributed by atoms with Crippen LogP contribution < -0.4 is 4.90 Å². The zero-order valence-electron chi connectivity index (χ0n) is 26.6. The van der Waals surface area contributed by atoms with Crippen molar-refractivity contribution < 1.29 is 28.9 Å². The fourth-order valence-corrected chi connectivity index (χ4v) is 6.09. The summed E-state index contributed by atoms with van der Waals surface area (Å²) >= 11 is 0. The number of amides is 1. The molecule has 1 N–H and O–H groups in total. The number of aliphatic hydroxyl groups excluding tert-OH is 1. The van der Waals surface area contributed by atoms with E-state index in [4.69, 9.17) is 14.2 Å². The molecular formula is C34H51N3O6. The summed E-state index contributed by atoms with van der Waals surface area (Å²) in [4.78, 5) is 32.2. The molecule has 3 heterocycles. The maximum Gasteiger partial charge on any atom is 0.410 e. The number of carbonyl (C=O) groups excluding carboxylic acids is 2. The van der Waals surface area contributed by atoms with Crippen LogP contribution in [0.2, 0.25) is 0 Å². The van der Waals surface area contributed by atoms with Crippen LogP contribution in [0.3, 0.4) is 0 Å². The van der Waals surface area contributed by atoms with Gasteiger partial charge < -0.3 is 34.0 Å². The summed E-state index contributed by atoms with van der Waals surface area (Å²) in [6.45, 7) is 10.5. The van der Waals surface area contributed by atoms with Crippen LogP contribution in [-0.2, 0) is 19.0 Å². The minimum atomic E-state index is -0.815. The van der Waals surface area contributed by atoms with E-state index >= 15 is 0 Å². The molecule has 43 heavy (non-hydrogen) atoms. The molecule has 3 aliphatic rings. The Kier molecular flexibility index (Phi) is 12.1. The number of cyclic esters (lactones) is 1. The molecule has 1 aromatic rings. The standard InChI is InChI=1S/C34H51N3O6/c1-24-9-11-30(38)23-32(39)43-33(25(2)10-12-31(24)42-34(40)37-17-15-35(4)16-18-37)26(3)21-27-7-6-8-29(22-27)36(5)28-13-19-41-20-14-28/h6-8,10,12,21-22,24-25,28,30-31,33,38H,9,11,13-20,23H2,1-5H3/b12-10-,26-21+/t24-,25-,30+,31-,33-/m0/s1. The number of likely N-dealkylation sites (N-methyl/N-ethyl adjacent to an activating group) is 1. The highest BCUT2D eigenvalue weighted by Crippen LogP contribution is 2.27. The second kappa shape index (κ2) is 15.7. The summed E-state index contributed by atoms with van der Waals surface area (Å²) in [6.07, 6.45) is 6.91. The molecule has 0 bridgehead atoms. The molecule has 1 aromatic carbocycles. The van der Waals surface area contributed by atoms with Gasteiger partial charge in [-0.15, -0.1) is 0 Å². The molecule has 0 unspecified atom stereocenters. The van der Waals surface area contributed by atoms with Gasteiger partial charge in [-0.05, 0) is 74.9 Å². The summed E-state index contributed by atoms with van der Waals surface area (Å²) < 4.78 is 17.6. The molecule has 0 saturated carbocycles. The van der Waals surface area contributed by atoms with Crippen LogP contribution >= 0.6 is 0 Å². The Hall–Kier alpha value is -2.88. The molecule has 238 valence electrons. The second-order valence-corrected chi connectivity index (χ2v) is 12.6. The maximum atomic E-state index is 13.0. The summed E-state index contributed by atoms with van der Waals surface area (Å²) in [5.41, 5.74) is 3.07. The lowest BCUT2D eigenvalue weighted by molar-refractivity contribution is -0.151. The highest BCUT2D eigenvalue weighted by Gasteiger charge is 2.29. The molecule has 0 aromatic heterocycles. The Labute approximate surface area is 257 Å². The predicted molar refractivity (Wildman–Crippen MR) is 169 cm³/mol. The average molecular weight is 598 g/mol. The van der Waals surface area contributed by atoms with Crippen LogP contribution in [0.1, 0.15) is 58.4 Å². The number of benzene rings is 1. The Morgan fingerprint density at radius 3 is 2.51 bits per heavy atom. The van der Waals surface area contributed by atoms with E-state index in [-0.39, 0.29) is 24.3 Å². The summed E-state index contributed by atoms with van der Waals surface area (Å²) in [6, 6.07) is 8.84. The summed E-state index contributed by atoms with van der Waals surface area (Å²) in [5, 5.41) is 10.6. The van der Waals surface area contributed by atoms with Gasteiger partial charge in [0, 0.05) is 64.1 Å². The van der Waals surface area contributed by atoms with Gasteiger partial charge in [0.25, 0.3) is 0 Å². The minimum Gasteiger partial charge on any atom is -0.457 e. The molecule has 2 fully saturated rings. The fourth-order valence-electron chi connectivity index (χ4n) is 6.09. The normalized spacial score (nSPS) is 29.6. The smallest absolute Gasteiger partial charge is 0.410 e. The number of esters is 1. The molecule has 0 aliphatic carbocycles. The third kappa shape index (κ3) is 9.55. The average Bonchev–Trinajstić information content (AvgIpc) is 3.00. The van der Waals surface area contributed by atoms with Gasteiger partial charge >= 0.3 is 12.1 Å². The van der Waals surface area contributed by atoms with Crippen molar-refractivity contribution in [1.82, 2.24) is 9.80 Å². The molecule has 9 nitrogen and oxygen atoms in total. The van der Waals surface area contributed by atoms with Crippen LogP contribution in [0.25, 0.3) is 6.08 Å². The van der Waals surface area contributed by atoms with Crippen molar-refractivity contribution in [2.24, 2.45) is 11.8 Å². The molecule has 4 rings (SSSR count). The Balaban J connectivity index is 1.53. The number of carbonyl (C=O) groups is 2. The first-order valence-electron chi connectivity index (χ1n) is 15.9. The van der Waals surface area contributed by atoms with E-state index in [1.165, 1.54) is 0 Å². The van der Waals surface area contributed by atoms with Crippen LogP contribution in [0, 0.1) is 11.8 Å². The lowest BCUT2D eigenvalue weighted by Gasteiger charge is -2.33. The van der Waals surface area contributed by atoms with E-state index in [0.29, 0.717) is 32.0 Å². The van der Waals surface area contributed by atoms with E-state index < -0.39 is 24.3 Å². The van der Waals surface area contributed by atoms with Crippen LogP contribution in [0.5, 0.6) is 0 Å². The van der Waals surface area contributed by atoms with E-state index in [9.17, 15) is 14.7 Å². The van der Waals surface area contributed by atoms with Crippen molar-refractivity contribution in [1.29, 1.82) is 0 Å². The van der Waals surface area contributed by atoms with E-state index in [1.807, 2.05) is 32.9 Å². The fraction of sp³-hybridized carbons (Fsp3) is 0.647. The van der Waals surface area contributed by atoms with Crippen LogP contribution in [0.4, 0.5) is 10.5 Å². The Morgan fingerprint density at radius 2 is 1.79 bits per heavy atom. The number of hydrogen-bond acceptors (Lipinski definition) is 8. The lowest BCUT2D eigenvalue weighted by atomic mass is 9.91. The zero-order chi connectivity index (χ0) is 30.9. The van der Waals surface area contributed by atoms with Gasteiger partial charge in [-0.3, -0.25) is 4.79 Å². The molecule has 1 amide bonds. The van der Waals surface area contributed by atoms with Gasteiger partial charge in [-0.1, -0.05) is 38.1 Å². The Morgan fingerprint density at radius 1 is 1.07 bits per heavy atom. The van der Waals surface area contributed by atoms with E-state index in [2.05, 4.69) is 54.2 Å². The Bertz CT molecular complexity index is 1120. The quantitative estimate of drug-likeness (QED) is 0.385. The maximum absolute atomic E-state index is 13.0. The number of piperazine rings is 1. The first-order chi connectivity index (χ1) is 20.6. The van der Waals surface area contributed by atoms with Crippen molar-refractivity contribution in [3.63, 3.8) is 0 Å². The van der Waals surface area contributed by atoms with Gasteiger partial charge in [0.2, 0.25) is 0 Å². The zero-order valence-corrected chi connectivity index (χ0v) is 26.6. The molecule has 5 atom stereocenters. The van der Waals surface area contributed by atoms with Crippen LogP contribution in [0.15, 0.2) is 42.0 Å². The highest BCUT2D eigenvalue weighted by atomic mass is 16.6. The van der Waals surface area contributed by atoms with Crippen molar-refractivity contribution >= 4 is 23.8 Å². The van der Waals surface area contributed by atoms with Crippen molar-refractivity contribution in [3.8, 4) is 0 Å². The largest absolute Gasteiger partial charge is 0.457 e. The first-order valence-corrected chi connectivity index (χ1v) is 15.9. The second-order valence-electron chi connectivity index (χ2n) is 12.6. The van der Waals surface area contributed by atoms with Gasteiger partial charge in [-0.25, -0.2) is 4.79 Å². The highest BCUT2D eigenvalue weighted by molar-refractivity contribution is 5.71. The number of ether oxygens (including phenoxy) is 3. The topological polar surface area (TPSA) is 91.8 Å². The first kappa shape index (κ1) is 33.0. The van der Waals surface area contributed by atoms with Crippen molar-refractivity contribution in [3.05, 3.63) is 47.6 Å². The van der Waals surface area contributed by atoms with Crippen molar-refractivity contribution in [2.45, 2.75) is 77.2 Å².